The molecular weight excluding hydrogens is 320 g/mol. The molecule has 0 radical (unpaired) electrons. The Kier molecular flexibility index (Phi) is 3.60. The van der Waals surface area contributed by atoms with Crippen LogP contribution in [0.2, 0.25) is 0 Å². The Morgan fingerprint density at radius 1 is 1.20 bits per heavy atom. The first kappa shape index (κ1) is 16.1. The number of hydrogen-bond acceptors (Lipinski definition) is 3. The van der Waals surface area contributed by atoms with Crippen molar-refractivity contribution in [2.24, 2.45) is 5.92 Å². The van der Waals surface area contributed by atoms with Gasteiger partial charge in [-0.05, 0) is 24.8 Å². The maximum Gasteiger partial charge on any atom is 0.314 e. The van der Waals surface area contributed by atoms with Crippen LogP contribution in [0, 0.1) is 5.92 Å². The fourth-order valence-corrected chi connectivity index (χ4v) is 4.71. The molecule has 0 spiro atoms. The van der Waals surface area contributed by atoms with Gasteiger partial charge in [0.2, 0.25) is 11.8 Å². The Bertz CT molecular complexity index is 734. The lowest BCUT2D eigenvalue weighted by Gasteiger charge is -2.39. The van der Waals surface area contributed by atoms with Crippen LogP contribution in [0.25, 0.3) is 0 Å². The van der Waals surface area contributed by atoms with Gasteiger partial charge in [-0.2, -0.15) is 0 Å². The normalized spacial score (nSPS) is 36.2. The van der Waals surface area contributed by atoms with Gasteiger partial charge in [-0.1, -0.05) is 43.2 Å². The minimum atomic E-state index is -1.14. The number of carboxylic acid groups (broad SMARTS) is 1. The van der Waals surface area contributed by atoms with Crippen molar-refractivity contribution in [3.8, 4) is 0 Å². The van der Waals surface area contributed by atoms with E-state index < -0.39 is 22.8 Å². The summed E-state index contributed by atoms with van der Waals surface area (Å²) in [6.07, 6.45) is 4.23. The summed E-state index contributed by atoms with van der Waals surface area (Å²) in [5.41, 5.74) is -1.01. The molecule has 25 heavy (non-hydrogen) atoms. The number of hydrogen-bond donors (Lipinski definition) is 3. The summed E-state index contributed by atoms with van der Waals surface area (Å²) in [4.78, 5) is 36.7. The molecule has 0 unspecified atom stereocenters. The van der Waals surface area contributed by atoms with Gasteiger partial charge in [0.1, 0.15) is 5.41 Å². The van der Waals surface area contributed by atoms with Gasteiger partial charge in [0.15, 0.2) is 0 Å². The number of carbonyl (C=O) groups excluding carboxylic acids is 2. The number of fused-ring (bicyclic) bond motifs is 1. The standard InChI is InChI=1S/C19H22N2O4/c22-15-11-18(9-5-4-8-14(18)20-15)21-16(23)13-10-19(13,17(24)25)12-6-2-1-3-7-12/h1-3,6-7,13-14H,4-5,8-11H2,(H,20,22)(H,21,23)(H,24,25)/t13-,14+,18-,19+/m1/s1. The smallest absolute Gasteiger partial charge is 0.314 e. The fraction of sp³-hybridized carbons (Fsp3) is 0.526. The first-order valence-corrected chi connectivity index (χ1v) is 8.88. The number of nitrogens with one attached hydrogen (secondary N) is 2. The van der Waals surface area contributed by atoms with Gasteiger partial charge >= 0.3 is 5.97 Å². The topological polar surface area (TPSA) is 95.5 Å². The zero-order valence-electron chi connectivity index (χ0n) is 14.0. The van der Waals surface area contributed by atoms with Crippen LogP contribution in [0.1, 0.15) is 44.1 Å². The second-order valence-corrected chi connectivity index (χ2v) is 7.59. The van der Waals surface area contributed by atoms with E-state index in [-0.39, 0.29) is 17.9 Å². The Morgan fingerprint density at radius 2 is 1.96 bits per heavy atom. The minimum Gasteiger partial charge on any atom is -0.481 e. The third-order valence-electron chi connectivity index (χ3n) is 6.16. The highest BCUT2D eigenvalue weighted by atomic mass is 16.4. The summed E-state index contributed by atoms with van der Waals surface area (Å²) >= 11 is 0. The van der Waals surface area contributed by atoms with Crippen LogP contribution in [0.4, 0.5) is 0 Å². The minimum absolute atomic E-state index is 0.0319. The van der Waals surface area contributed by atoms with E-state index in [0.717, 1.165) is 25.7 Å². The van der Waals surface area contributed by atoms with E-state index in [2.05, 4.69) is 10.6 Å². The molecule has 0 aromatic heterocycles. The van der Waals surface area contributed by atoms with Crippen LogP contribution in [0.5, 0.6) is 0 Å². The van der Waals surface area contributed by atoms with Crippen LogP contribution in [0.15, 0.2) is 30.3 Å². The molecule has 6 heteroatoms. The molecule has 132 valence electrons. The predicted octanol–water partition coefficient (Wildman–Crippen LogP) is 1.35. The van der Waals surface area contributed by atoms with E-state index >= 15 is 0 Å². The van der Waals surface area contributed by atoms with Crippen molar-refractivity contribution in [3.63, 3.8) is 0 Å². The molecule has 1 heterocycles. The molecule has 4 atom stereocenters. The first-order chi connectivity index (χ1) is 12.0. The van der Waals surface area contributed by atoms with Gasteiger partial charge in [0.05, 0.1) is 23.9 Å². The monoisotopic (exact) mass is 342 g/mol. The molecule has 2 saturated carbocycles. The number of carboxylic acids is 1. The molecule has 2 aliphatic carbocycles. The number of benzene rings is 1. The average Bonchev–Trinajstić information content (AvgIpc) is 3.27. The Labute approximate surface area is 146 Å². The van der Waals surface area contributed by atoms with E-state index in [4.69, 9.17) is 0 Å². The zero-order valence-corrected chi connectivity index (χ0v) is 14.0. The predicted molar refractivity (Wildman–Crippen MR) is 89.8 cm³/mol. The second kappa shape index (κ2) is 5.58. The maximum atomic E-state index is 12.9. The molecule has 0 bridgehead atoms. The fourth-order valence-electron chi connectivity index (χ4n) is 4.71. The molecule has 4 rings (SSSR count). The van der Waals surface area contributed by atoms with E-state index in [9.17, 15) is 19.5 Å². The third-order valence-corrected chi connectivity index (χ3v) is 6.16. The quantitative estimate of drug-likeness (QED) is 0.769. The lowest BCUT2D eigenvalue weighted by molar-refractivity contribution is -0.142. The van der Waals surface area contributed by atoms with Crippen molar-refractivity contribution in [2.45, 2.75) is 55.5 Å². The number of rotatable bonds is 4. The van der Waals surface area contributed by atoms with Crippen molar-refractivity contribution in [1.29, 1.82) is 0 Å². The summed E-state index contributed by atoms with van der Waals surface area (Å²) < 4.78 is 0. The Balaban J connectivity index is 1.56. The van der Waals surface area contributed by atoms with E-state index in [1.54, 1.807) is 24.3 Å². The van der Waals surface area contributed by atoms with Crippen molar-refractivity contribution >= 4 is 17.8 Å². The largest absolute Gasteiger partial charge is 0.481 e. The lowest BCUT2D eigenvalue weighted by atomic mass is 9.77. The van der Waals surface area contributed by atoms with Crippen LogP contribution >= 0.6 is 0 Å². The van der Waals surface area contributed by atoms with Gasteiger partial charge in [0.25, 0.3) is 0 Å². The van der Waals surface area contributed by atoms with Crippen molar-refractivity contribution in [1.82, 2.24) is 10.6 Å². The lowest BCUT2D eigenvalue weighted by Crippen LogP contribution is -2.58. The van der Waals surface area contributed by atoms with Crippen molar-refractivity contribution in [3.05, 3.63) is 35.9 Å². The third kappa shape index (κ3) is 2.42. The Hall–Kier alpha value is -2.37. The summed E-state index contributed by atoms with van der Waals surface area (Å²) in [6, 6.07) is 8.92. The van der Waals surface area contributed by atoms with Crippen LogP contribution in [0.3, 0.4) is 0 Å². The van der Waals surface area contributed by atoms with Gasteiger partial charge in [-0.15, -0.1) is 0 Å². The molecule has 3 aliphatic rings. The highest BCUT2D eigenvalue weighted by molar-refractivity contribution is 5.98. The molecule has 1 aliphatic heterocycles. The first-order valence-electron chi connectivity index (χ1n) is 8.88. The van der Waals surface area contributed by atoms with E-state index in [1.807, 2.05) is 6.07 Å². The van der Waals surface area contributed by atoms with Gasteiger partial charge in [0, 0.05) is 0 Å². The molecule has 1 aromatic carbocycles. The van der Waals surface area contributed by atoms with Gasteiger partial charge in [-0.25, -0.2) is 0 Å². The number of aliphatic carboxylic acids is 1. The maximum absolute atomic E-state index is 12.9. The van der Waals surface area contributed by atoms with Crippen LogP contribution in [-0.2, 0) is 19.8 Å². The van der Waals surface area contributed by atoms with Crippen LogP contribution in [-0.4, -0.2) is 34.5 Å². The van der Waals surface area contributed by atoms with E-state index in [0.29, 0.717) is 18.4 Å². The van der Waals surface area contributed by atoms with Crippen molar-refractivity contribution < 1.29 is 19.5 Å². The molecule has 2 amide bonds. The summed E-state index contributed by atoms with van der Waals surface area (Å²) in [5, 5.41) is 15.8. The molecule has 6 nitrogen and oxygen atoms in total. The highest BCUT2D eigenvalue weighted by Gasteiger charge is 2.66. The Morgan fingerprint density at radius 3 is 2.68 bits per heavy atom. The highest BCUT2D eigenvalue weighted by Crippen LogP contribution is 2.55. The second-order valence-electron chi connectivity index (χ2n) is 7.59. The average molecular weight is 342 g/mol. The number of carbonyl (C=O) groups is 3. The summed E-state index contributed by atoms with van der Waals surface area (Å²) in [5.74, 6) is -1.82. The van der Waals surface area contributed by atoms with Crippen molar-refractivity contribution in [2.75, 3.05) is 0 Å². The van der Waals surface area contributed by atoms with Gasteiger partial charge < -0.3 is 15.7 Å². The molecule has 3 fully saturated rings. The SMILES string of the molecule is O=C1C[C@]2(NC(=O)[C@H]3C[C@]3(C(=O)O)c3ccccc3)CCCC[C@@H]2N1. The van der Waals surface area contributed by atoms with E-state index in [1.165, 1.54) is 0 Å². The van der Waals surface area contributed by atoms with Gasteiger partial charge in [-0.3, -0.25) is 14.4 Å². The summed E-state index contributed by atoms with van der Waals surface area (Å²) in [6.45, 7) is 0. The molecular formula is C19H22N2O4. The number of amides is 2. The molecule has 3 N–H and O–H groups in total. The summed E-state index contributed by atoms with van der Waals surface area (Å²) in [7, 11) is 0. The van der Waals surface area contributed by atoms with Crippen LogP contribution < -0.4 is 10.6 Å². The zero-order chi connectivity index (χ0) is 17.7. The molecule has 1 aromatic rings. The molecule has 1 saturated heterocycles.